The summed E-state index contributed by atoms with van der Waals surface area (Å²) in [7, 11) is 15.3. The van der Waals surface area contributed by atoms with E-state index in [0.717, 1.165) is 171 Å². The molecule has 4 saturated carbocycles. The third-order valence-electron chi connectivity index (χ3n) is 33.6. The summed E-state index contributed by atoms with van der Waals surface area (Å²) in [5.41, 5.74) is 4.05. The first-order valence-corrected chi connectivity index (χ1v) is 44.0. The van der Waals surface area contributed by atoms with Gasteiger partial charge in [-0.2, -0.15) is 0 Å². The Hall–Kier alpha value is -5.36. The highest BCUT2D eigenvalue weighted by molar-refractivity contribution is 5.68. The number of likely N-dealkylation sites (N-methyl/N-ethyl adjacent to an activating group) is 4. The minimum Gasteiger partial charge on any atom is -0.493 e. The normalized spacial score (nSPS) is 47.6. The van der Waals surface area contributed by atoms with Crippen molar-refractivity contribution in [3.8, 4) is 46.0 Å². The molecule has 0 amide bonds. The van der Waals surface area contributed by atoms with Gasteiger partial charge in [0.05, 0.1) is 121 Å². The Balaban J connectivity index is 0.0000000966. The molecule has 0 radical (unpaired) electrons. The second-order valence-corrected chi connectivity index (χ2v) is 39.5. The fraction of sp³-hybridized carbons (Fsp3) is 0.739. The maximum Gasteiger partial charge on any atom is 0.207 e. The summed E-state index contributed by atoms with van der Waals surface area (Å²) in [6.07, 6.45) is 14.6. The van der Waals surface area contributed by atoms with Crippen LogP contribution in [-0.4, -0.2) is 266 Å². The molecule has 6 unspecified atom stereocenters. The molecule has 12 fully saturated rings. The molecule has 12 heterocycles. The second kappa shape index (κ2) is 26.1. The Bertz CT molecular complexity index is 4020. The van der Waals surface area contributed by atoms with Crippen molar-refractivity contribution < 1.29 is 96.2 Å². The standard InChI is InChI=1S/4C23H31NO5/c4*1-13-11-14(2)29-23(28-13)8-7-22(25)17-12-15-5-6-16(26-4)19-18(15)21(22,20(23)27-19)9-10-24(17)3/h4*5-6,13-14,17,20,25H,7-12H2,1-4H3/t2*13-,14+,17-,20-,21+,22?,23?;13-,14-,17+,20+,21-,22?;13-,14-,17-,20-,21+,22?/m1101/s1. The number of hydrogen-bond donors (Lipinski definition) is 4. The summed E-state index contributed by atoms with van der Waals surface area (Å²) in [5, 5.41) is 49.3. The van der Waals surface area contributed by atoms with E-state index in [-0.39, 0.29) is 97.4 Å². The lowest BCUT2D eigenvalue weighted by atomic mass is 9.48. The molecule has 24 heteroatoms. The molecule has 4 aromatic rings. The summed E-state index contributed by atoms with van der Waals surface area (Å²) in [6, 6.07) is 16.9. The van der Waals surface area contributed by atoms with Gasteiger partial charge in [0, 0.05) is 72.1 Å². The zero-order valence-electron chi connectivity index (χ0n) is 70.9. The molecule has 632 valence electrons. The Kier molecular flexibility index (Phi) is 17.5. The topological polar surface area (TPSA) is 242 Å². The van der Waals surface area contributed by atoms with Gasteiger partial charge in [-0.15, -0.1) is 0 Å². The molecular weight excluding hydrogens is 1480 g/mol. The van der Waals surface area contributed by atoms with E-state index in [1.54, 1.807) is 28.4 Å². The maximum atomic E-state index is 12.3. The predicted octanol–water partition coefficient (Wildman–Crippen LogP) is 9.56. The van der Waals surface area contributed by atoms with Crippen LogP contribution in [0.5, 0.6) is 46.0 Å². The Morgan fingerprint density at radius 2 is 0.474 bits per heavy atom. The van der Waals surface area contributed by atoms with Gasteiger partial charge >= 0.3 is 0 Å². The first-order chi connectivity index (χ1) is 55.4. The number of nitrogens with zero attached hydrogens (tertiary/aromatic N) is 4. The summed E-state index contributed by atoms with van der Waals surface area (Å²) in [5.74, 6) is 2.77. The van der Waals surface area contributed by atoms with Crippen molar-refractivity contribution in [1.29, 1.82) is 0 Å². The van der Waals surface area contributed by atoms with Gasteiger partial charge in [0.2, 0.25) is 23.1 Å². The largest absolute Gasteiger partial charge is 0.493 e. The SMILES string of the molecule is COc1ccc2c3c1O[C@H]1C4(CCC5(O)[C@@H](C2)N(C)CC[C@]315)O[C@@H](C)C[C@H](C)O4.COc1ccc2c3c1O[C@H]1C4(CCC5(O)[C@@H](C2)N(C)CC[C@]315)O[C@H](C)C[C@@H](C)O4.COc1ccc2c3c1O[C@H]1C4(CCC5(O)[C@@H](C2)N(C)CC[C@]315)O[C@H](C)C[C@H](C)O4.COc1ccc2c3c1O[C@H]1C4(CCC5(O)[C@@H](C2)N(C)CC[C@]315)O[C@H](C)C[C@H](C)O4. The molecule has 8 saturated heterocycles. The summed E-state index contributed by atoms with van der Waals surface area (Å²) in [6.45, 7) is 20.6. The van der Waals surface area contributed by atoms with Crippen LogP contribution in [0.15, 0.2) is 48.5 Å². The Morgan fingerprint density at radius 3 is 0.655 bits per heavy atom. The molecular formula is C92H124N4O20. The van der Waals surface area contributed by atoms with E-state index in [4.69, 9.17) is 75.8 Å². The number of hydrogen-bond acceptors (Lipinski definition) is 24. The van der Waals surface area contributed by atoms with Crippen LogP contribution < -0.4 is 37.9 Å². The van der Waals surface area contributed by atoms with Gasteiger partial charge in [-0.05, 0) is 259 Å². The fourth-order valence-electron chi connectivity index (χ4n) is 29.5. The highest BCUT2D eigenvalue weighted by Crippen LogP contribution is 2.74. The van der Waals surface area contributed by atoms with Crippen molar-refractivity contribution >= 4 is 0 Å². The third kappa shape index (κ3) is 9.79. The zero-order valence-corrected chi connectivity index (χ0v) is 70.9. The number of benzene rings is 4. The molecule has 24 nitrogen and oxygen atoms in total. The van der Waals surface area contributed by atoms with E-state index in [1.807, 2.05) is 24.3 Å². The van der Waals surface area contributed by atoms with Crippen LogP contribution in [0.1, 0.15) is 203 Å². The summed E-state index contributed by atoms with van der Waals surface area (Å²) in [4.78, 5) is 9.33. The number of methoxy groups -OCH3 is 4. The highest BCUT2D eigenvalue weighted by atomic mass is 16.8. The minimum absolute atomic E-state index is 0.0741. The van der Waals surface area contributed by atoms with E-state index >= 15 is 0 Å². The van der Waals surface area contributed by atoms with Crippen molar-refractivity contribution in [3.63, 3.8) is 0 Å². The first kappa shape index (κ1) is 77.9. The van der Waals surface area contributed by atoms with Crippen LogP contribution >= 0.6 is 0 Å². The number of fused-ring (bicyclic) bond motifs is 4. The lowest BCUT2D eigenvalue weighted by Gasteiger charge is -2.66. The number of rotatable bonds is 4. The number of aliphatic hydroxyl groups is 4. The van der Waals surface area contributed by atoms with E-state index < -0.39 is 67.2 Å². The molecule has 4 N–H and O–H groups in total. The fourth-order valence-corrected chi connectivity index (χ4v) is 29.5. The lowest BCUT2D eigenvalue weighted by Crippen LogP contribution is -2.80. The van der Waals surface area contributed by atoms with Crippen LogP contribution in [-0.2, 0) is 85.2 Å². The summed E-state index contributed by atoms with van der Waals surface area (Å²) >= 11 is 0. The average molecular weight is 1610 g/mol. The van der Waals surface area contributed by atoms with Crippen molar-refractivity contribution in [1.82, 2.24) is 19.6 Å². The van der Waals surface area contributed by atoms with Crippen molar-refractivity contribution in [2.75, 3.05) is 82.8 Å². The first-order valence-electron chi connectivity index (χ1n) is 44.0. The van der Waals surface area contributed by atoms with Crippen LogP contribution in [0.3, 0.4) is 0 Å². The van der Waals surface area contributed by atoms with Crippen LogP contribution in [0.4, 0.5) is 0 Å². The molecule has 8 bridgehead atoms. The molecule has 0 aromatic heterocycles. The predicted molar refractivity (Wildman–Crippen MR) is 426 cm³/mol. The van der Waals surface area contributed by atoms with E-state index in [0.29, 0.717) is 51.4 Å². The number of piperidine rings is 4. The molecule has 20 aliphatic rings. The van der Waals surface area contributed by atoms with Crippen LogP contribution in [0.2, 0.25) is 0 Å². The van der Waals surface area contributed by atoms with Gasteiger partial charge in [-0.1, -0.05) is 24.3 Å². The smallest absolute Gasteiger partial charge is 0.207 e. The van der Waals surface area contributed by atoms with Gasteiger partial charge in [0.15, 0.2) is 70.4 Å². The van der Waals surface area contributed by atoms with Gasteiger partial charge in [0.25, 0.3) is 0 Å². The molecule has 8 spiro atoms. The van der Waals surface area contributed by atoms with E-state index in [2.05, 4.69) is 127 Å². The van der Waals surface area contributed by atoms with Crippen molar-refractivity contribution in [2.45, 2.75) is 348 Å². The Morgan fingerprint density at radius 1 is 0.284 bits per heavy atom. The highest BCUT2D eigenvalue weighted by Gasteiger charge is 2.83. The third-order valence-corrected chi connectivity index (χ3v) is 33.6. The molecule has 24 rings (SSSR count). The zero-order chi connectivity index (χ0) is 80.7. The van der Waals surface area contributed by atoms with Crippen molar-refractivity contribution in [3.05, 3.63) is 93.0 Å². The molecule has 26 atom stereocenters. The van der Waals surface area contributed by atoms with Gasteiger partial charge in [0.1, 0.15) is 0 Å². The molecule has 4 aromatic carbocycles. The summed E-state index contributed by atoms with van der Waals surface area (Å²) < 4.78 is 102. The molecule has 12 aliphatic heterocycles. The lowest BCUT2D eigenvalue weighted by molar-refractivity contribution is -0.378. The average Bonchev–Trinajstić information content (AvgIpc) is 1.46. The maximum absolute atomic E-state index is 12.3. The van der Waals surface area contributed by atoms with Crippen LogP contribution in [0.25, 0.3) is 0 Å². The molecule has 116 heavy (non-hydrogen) atoms. The van der Waals surface area contributed by atoms with Gasteiger partial charge < -0.3 is 116 Å². The Labute approximate surface area is 682 Å². The molecule has 8 aliphatic carbocycles. The van der Waals surface area contributed by atoms with Gasteiger partial charge in [-0.3, -0.25) is 0 Å². The van der Waals surface area contributed by atoms with Crippen LogP contribution in [0, 0.1) is 0 Å². The number of likely N-dealkylation sites (tertiary alicyclic amines) is 4. The number of ether oxygens (including phenoxy) is 16. The van der Waals surface area contributed by atoms with E-state index in [1.165, 1.54) is 22.3 Å². The van der Waals surface area contributed by atoms with E-state index in [9.17, 15) is 20.4 Å². The quantitative estimate of drug-likeness (QED) is 0.149. The van der Waals surface area contributed by atoms with Crippen molar-refractivity contribution in [2.24, 2.45) is 0 Å². The van der Waals surface area contributed by atoms with Gasteiger partial charge in [-0.25, -0.2) is 0 Å². The monoisotopic (exact) mass is 1600 g/mol. The second-order valence-electron chi connectivity index (χ2n) is 39.5. The minimum atomic E-state index is -0.864.